The van der Waals surface area contributed by atoms with Gasteiger partial charge in [-0.3, -0.25) is 4.79 Å². The molecule has 2 rings (SSSR count). The number of hydrogen-bond donors (Lipinski definition) is 1. The van der Waals surface area contributed by atoms with Gasteiger partial charge in [0.05, 0.1) is 6.42 Å². The molecule has 0 spiro atoms. The molecule has 20 heavy (non-hydrogen) atoms. The summed E-state index contributed by atoms with van der Waals surface area (Å²) in [6.45, 7) is 3.84. The number of rotatable bonds is 3. The molecule has 0 atom stereocenters. The molecule has 0 bridgehead atoms. The predicted octanol–water partition coefficient (Wildman–Crippen LogP) is 3.10. The van der Waals surface area contributed by atoms with Crippen LogP contribution in [0.5, 0.6) is 0 Å². The van der Waals surface area contributed by atoms with Crippen LogP contribution in [0.2, 0.25) is 0 Å². The number of aryl methyl sites for hydroxylation is 1. The summed E-state index contributed by atoms with van der Waals surface area (Å²) in [7, 11) is 1.91. The molecule has 0 radical (unpaired) electrons. The first-order chi connectivity index (χ1) is 9.40. The maximum absolute atomic E-state index is 13.4. The van der Waals surface area contributed by atoms with Gasteiger partial charge in [0.1, 0.15) is 17.3 Å². The van der Waals surface area contributed by atoms with E-state index >= 15 is 0 Å². The number of aromatic nitrogens is 1. The lowest BCUT2D eigenvalue weighted by Crippen LogP contribution is -2.16. The molecular weight excluding hydrogens is 262 g/mol. The molecule has 0 unspecified atom stereocenters. The highest BCUT2D eigenvalue weighted by Gasteiger charge is 2.14. The van der Waals surface area contributed by atoms with Crippen molar-refractivity contribution in [2.45, 2.75) is 20.3 Å². The Bertz CT molecular complexity index is 642. The van der Waals surface area contributed by atoms with E-state index in [9.17, 15) is 13.6 Å². The zero-order chi connectivity index (χ0) is 14.9. The fraction of sp³-hybridized carbons (Fsp3) is 0.267. The number of halogens is 2. The van der Waals surface area contributed by atoms with Crippen molar-refractivity contribution in [1.82, 2.24) is 4.57 Å². The third kappa shape index (κ3) is 2.71. The first kappa shape index (κ1) is 14.2. The third-order valence-corrected chi connectivity index (χ3v) is 3.46. The SMILES string of the molecule is Cc1cc(CC(=O)Nc2c(F)cccc2F)c(C)n1C. The van der Waals surface area contributed by atoms with Gasteiger partial charge in [-0.2, -0.15) is 0 Å². The van der Waals surface area contributed by atoms with Crippen LogP contribution in [-0.4, -0.2) is 10.5 Å². The van der Waals surface area contributed by atoms with Crippen LogP contribution in [0.4, 0.5) is 14.5 Å². The molecule has 0 aliphatic rings. The number of carbonyl (C=O) groups is 1. The summed E-state index contributed by atoms with van der Waals surface area (Å²) in [5.41, 5.74) is 2.44. The largest absolute Gasteiger partial charge is 0.352 e. The van der Waals surface area contributed by atoms with Crippen LogP contribution in [0.15, 0.2) is 24.3 Å². The summed E-state index contributed by atoms with van der Waals surface area (Å²) in [5.74, 6) is -2.00. The first-order valence-corrected chi connectivity index (χ1v) is 6.25. The van der Waals surface area contributed by atoms with Crippen LogP contribution in [0.1, 0.15) is 17.0 Å². The van der Waals surface area contributed by atoms with Gasteiger partial charge in [-0.25, -0.2) is 8.78 Å². The van der Waals surface area contributed by atoms with Crippen LogP contribution in [0.25, 0.3) is 0 Å². The van der Waals surface area contributed by atoms with Gasteiger partial charge in [-0.05, 0) is 37.6 Å². The number of para-hydroxylation sites is 1. The first-order valence-electron chi connectivity index (χ1n) is 6.25. The Balaban J connectivity index is 2.15. The van der Waals surface area contributed by atoms with Gasteiger partial charge < -0.3 is 9.88 Å². The molecule has 0 saturated carbocycles. The van der Waals surface area contributed by atoms with Gasteiger partial charge in [-0.15, -0.1) is 0 Å². The number of anilines is 1. The smallest absolute Gasteiger partial charge is 0.229 e. The Morgan fingerprint density at radius 1 is 1.25 bits per heavy atom. The molecule has 1 amide bonds. The topological polar surface area (TPSA) is 34.0 Å². The molecule has 0 saturated heterocycles. The van der Waals surface area contributed by atoms with Crippen molar-refractivity contribution in [3.63, 3.8) is 0 Å². The minimum atomic E-state index is -0.778. The highest BCUT2D eigenvalue weighted by molar-refractivity contribution is 5.92. The second kappa shape index (κ2) is 5.45. The Morgan fingerprint density at radius 3 is 2.35 bits per heavy atom. The van der Waals surface area contributed by atoms with Crippen LogP contribution in [0.3, 0.4) is 0 Å². The van der Waals surface area contributed by atoms with Crippen molar-refractivity contribution in [3.05, 3.63) is 52.9 Å². The Kier molecular flexibility index (Phi) is 3.88. The summed E-state index contributed by atoms with van der Waals surface area (Å²) in [6, 6.07) is 5.37. The Labute approximate surface area is 116 Å². The van der Waals surface area contributed by atoms with E-state index in [4.69, 9.17) is 0 Å². The average molecular weight is 278 g/mol. The predicted molar refractivity (Wildman–Crippen MR) is 73.6 cm³/mol. The van der Waals surface area contributed by atoms with Gasteiger partial charge in [0.2, 0.25) is 5.91 Å². The van der Waals surface area contributed by atoms with E-state index in [-0.39, 0.29) is 6.42 Å². The second-order valence-corrected chi connectivity index (χ2v) is 4.78. The minimum absolute atomic E-state index is 0.0846. The molecule has 5 heteroatoms. The second-order valence-electron chi connectivity index (χ2n) is 4.78. The van der Waals surface area contributed by atoms with E-state index in [1.54, 1.807) is 0 Å². The Morgan fingerprint density at radius 2 is 1.85 bits per heavy atom. The van der Waals surface area contributed by atoms with E-state index in [1.165, 1.54) is 6.07 Å². The molecule has 0 aliphatic heterocycles. The third-order valence-electron chi connectivity index (χ3n) is 3.46. The van der Waals surface area contributed by atoms with E-state index < -0.39 is 23.2 Å². The van der Waals surface area contributed by atoms with E-state index in [1.807, 2.05) is 31.5 Å². The van der Waals surface area contributed by atoms with Crippen LogP contribution < -0.4 is 5.32 Å². The zero-order valence-electron chi connectivity index (χ0n) is 11.6. The van der Waals surface area contributed by atoms with Crippen molar-refractivity contribution >= 4 is 11.6 Å². The number of amides is 1. The quantitative estimate of drug-likeness (QED) is 0.919. The normalized spacial score (nSPS) is 10.7. The number of carbonyl (C=O) groups excluding carboxylic acids is 1. The van der Waals surface area contributed by atoms with Gasteiger partial charge in [0, 0.05) is 18.4 Å². The molecule has 0 aliphatic carbocycles. The number of hydrogen-bond acceptors (Lipinski definition) is 1. The van der Waals surface area contributed by atoms with Crippen molar-refractivity contribution in [2.24, 2.45) is 7.05 Å². The number of benzene rings is 1. The molecule has 1 N–H and O–H groups in total. The van der Waals surface area contributed by atoms with Gasteiger partial charge >= 0.3 is 0 Å². The molecule has 1 aromatic carbocycles. The maximum Gasteiger partial charge on any atom is 0.229 e. The minimum Gasteiger partial charge on any atom is -0.352 e. The van der Waals surface area contributed by atoms with Gasteiger partial charge in [0.15, 0.2) is 0 Å². The molecule has 2 aromatic rings. The highest BCUT2D eigenvalue weighted by atomic mass is 19.1. The fourth-order valence-corrected chi connectivity index (χ4v) is 2.09. The van der Waals surface area contributed by atoms with E-state index in [0.29, 0.717) is 0 Å². The standard InChI is InChI=1S/C15H16F2N2O/c1-9-7-11(10(2)19(9)3)8-14(20)18-15-12(16)5-4-6-13(15)17/h4-7H,8H2,1-3H3,(H,18,20). The molecule has 106 valence electrons. The lowest BCUT2D eigenvalue weighted by Gasteiger charge is -2.07. The van der Waals surface area contributed by atoms with Crippen LogP contribution >= 0.6 is 0 Å². The summed E-state index contributed by atoms with van der Waals surface area (Å²) in [6.07, 6.45) is 0.0846. The van der Waals surface area contributed by atoms with E-state index in [2.05, 4.69) is 5.32 Å². The summed E-state index contributed by atoms with van der Waals surface area (Å²) in [5, 5.41) is 2.28. The monoisotopic (exact) mass is 278 g/mol. The highest BCUT2D eigenvalue weighted by Crippen LogP contribution is 2.19. The van der Waals surface area contributed by atoms with Gasteiger partial charge in [0.25, 0.3) is 0 Å². The lowest BCUT2D eigenvalue weighted by molar-refractivity contribution is -0.115. The summed E-state index contributed by atoms with van der Waals surface area (Å²) < 4.78 is 28.8. The molecule has 0 fully saturated rings. The van der Waals surface area contributed by atoms with Gasteiger partial charge in [-0.1, -0.05) is 6.07 Å². The van der Waals surface area contributed by atoms with Crippen molar-refractivity contribution in [2.75, 3.05) is 5.32 Å². The number of nitrogens with zero attached hydrogens (tertiary/aromatic N) is 1. The van der Waals surface area contributed by atoms with E-state index in [0.717, 1.165) is 29.1 Å². The molecule has 1 heterocycles. The molecular formula is C15H16F2N2O. The average Bonchev–Trinajstić information content (AvgIpc) is 2.62. The van der Waals surface area contributed by atoms with Crippen LogP contribution in [0, 0.1) is 25.5 Å². The molecule has 1 aromatic heterocycles. The van der Waals surface area contributed by atoms with Crippen molar-refractivity contribution in [1.29, 1.82) is 0 Å². The summed E-state index contributed by atoms with van der Waals surface area (Å²) in [4.78, 5) is 11.9. The van der Waals surface area contributed by atoms with Crippen LogP contribution in [-0.2, 0) is 18.3 Å². The van der Waals surface area contributed by atoms with Crippen molar-refractivity contribution in [3.8, 4) is 0 Å². The van der Waals surface area contributed by atoms with Crippen molar-refractivity contribution < 1.29 is 13.6 Å². The number of nitrogens with one attached hydrogen (secondary N) is 1. The molecule has 3 nitrogen and oxygen atoms in total. The fourth-order valence-electron chi connectivity index (χ4n) is 2.09. The summed E-state index contributed by atoms with van der Waals surface area (Å²) >= 11 is 0. The maximum atomic E-state index is 13.4. The lowest BCUT2D eigenvalue weighted by atomic mass is 10.1. The zero-order valence-corrected chi connectivity index (χ0v) is 11.6. The Hall–Kier alpha value is -2.17.